The Morgan fingerprint density at radius 3 is 2.47 bits per heavy atom. The molecule has 0 aromatic heterocycles. The van der Waals surface area contributed by atoms with Crippen LogP contribution in [0.15, 0.2) is 30.3 Å². The Labute approximate surface area is 128 Å². The second-order valence-corrected chi connectivity index (χ2v) is 6.70. The molecule has 1 rings (SSSR count). The molecule has 0 unspecified atom stereocenters. The first-order chi connectivity index (χ1) is 8.88. The third-order valence-corrected chi connectivity index (χ3v) is 2.80. The molecule has 0 radical (unpaired) electrons. The Bertz CT molecular complexity index is 393. The minimum atomic E-state index is -1.57. The van der Waals surface area contributed by atoms with Crippen LogP contribution in [0.5, 0.6) is 0 Å². The molecule has 1 aromatic carbocycles. The standard InChI is InChI=1S/C13H16Cl3NO2/c1-17(12(18)19-10-13(14,15)16)9-5-8-11-6-3-2-4-7-11/h2-4,6-7H,5,8-10H2,1H3. The third kappa shape index (κ3) is 7.51. The lowest BCUT2D eigenvalue weighted by atomic mass is 10.1. The highest BCUT2D eigenvalue weighted by atomic mass is 35.6. The Balaban J connectivity index is 2.23. The first-order valence-corrected chi connectivity index (χ1v) is 7.00. The predicted molar refractivity (Wildman–Crippen MR) is 79.0 cm³/mol. The van der Waals surface area contributed by atoms with E-state index >= 15 is 0 Å². The Morgan fingerprint density at radius 1 is 1.26 bits per heavy atom. The molecule has 1 aromatic rings. The predicted octanol–water partition coefficient (Wildman–Crippen LogP) is 4.06. The summed E-state index contributed by atoms with van der Waals surface area (Å²) in [6.45, 7) is 0.340. The van der Waals surface area contributed by atoms with Crippen molar-refractivity contribution in [3.05, 3.63) is 35.9 Å². The molecule has 19 heavy (non-hydrogen) atoms. The van der Waals surface area contributed by atoms with Gasteiger partial charge in [0.1, 0.15) is 6.61 Å². The highest BCUT2D eigenvalue weighted by molar-refractivity contribution is 6.67. The van der Waals surface area contributed by atoms with Crippen molar-refractivity contribution in [3.8, 4) is 0 Å². The summed E-state index contributed by atoms with van der Waals surface area (Å²) in [6.07, 6.45) is 1.27. The molecule has 0 aliphatic heterocycles. The number of rotatable bonds is 5. The van der Waals surface area contributed by atoms with E-state index < -0.39 is 9.89 Å². The van der Waals surface area contributed by atoms with Crippen LogP contribution in [0, 0.1) is 0 Å². The van der Waals surface area contributed by atoms with Crippen LogP contribution in [-0.4, -0.2) is 35.0 Å². The van der Waals surface area contributed by atoms with Gasteiger partial charge in [0.05, 0.1) is 0 Å². The van der Waals surface area contributed by atoms with Crippen molar-refractivity contribution in [3.63, 3.8) is 0 Å². The summed E-state index contributed by atoms with van der Waals surface area (Å²) in [7, 11) is 1.66. The van der Waals surface area contributed by atoms with Crippen molar-refractivity contribution in [1.82, 2.24) is 4.90 Å². The molecule has 1 amide bonds. The van der Waals surface area contributed by atoms with Crippen molar-refractivity contribution in [2.24, 2.45) is 0 Å². The quantitative estimate of drug-likeness (QED) is 0.764. The van der Waals surface area contributed by atoms with E-state index in [2.05, 4.69) is 12.1 Å². The molecule has 0 N–H and O–H groups in total. The third-order valence-electron chi connectivity index (χ3n) is 2.47. The van der Waals surface area contributed by atoms with E-state index in [-0.39, 0.29) is 6.61 Å². The van der Waals surface area contributed by atoms with Gasteiger partial charge in [0.15, 0.2) is 0 Å². The first kappa shape index (κ1) is 16.4. The molecule has 0 bridgehead atoms. The van der Waals surface area contributed by atoms with Gasteiger partial charge in [-0.3, -0.25) is 0 Å². The highest BCUT2D eigenvalue weighted by Gasteiger charge is 2.23. The largest absolute Gasteiger partial charge is 0.445 e. The summed E-state index contributed by atoms with van der Waals surface area (Å²) in [6, 6.07) is 10.1. The van der Waals surface area contributed by atoms with Crippen LogP contribution in [0.2, 0.25) is 0 Å². The normalized spacial score (nSPS) is 11.2. The van der Waals surface area contributed by atoms with Gasteiger partial charge in [0, 0.05) is 13.6 Å². The van der Waals surface area contributed by atoms with Crippen LogP contribution < -0.4 is 0 Å². The lowest BCUT2D eigenvalue weighted by molar-refractivity contribution is 0.112. The van der Waals surface area contributed by atoms with Gasteiger partial charge in [-0.15, -0.1) is 0 Å². The number of hydrogen-bond donors (Lipinski definition) is 0. The van der Waals surface area contributed by atoms with Gasteiger partial charge in [0.2, 0.25) is 3.79 Å². The molecule has 0 aliphatic carbocycles. The van der Waals surface area contributed by atoms with Crippen molar-refractivity contribution in [1.29, 1.82) is 0 Å². The van der Waals surface area contributed by atoms with Crippen LogP contribution in [0.3, 0.4) is 0 Å². The average Bonchev–Trinajstić information content (AvgIpc) is 2.36. The number of amides is 1. The summed E-state index contributed by atoms with van der Waals surface area (Å²) in [4.78, 5) is 13.0. The number of benzene rings is 1. The maximum atomic E-state index is 11.6. The summed E-state index contributed by atoms with van der Waals surface area (Å²) < 4.78 is 3.29. The van der Waals surface area contributed by atoms with Gasteiger partial charge in [0.25, 0.3) is 0 Å². The van der Waals surface area contributed by atoms with Gasteiger partial charge in [-0.2, -0.15) is 0 Å². The molecule has 0 atom stereocenters. The second-order valence-electron chi connectivity index (χ2n) is 4.18. The molecule has 6 heteroatoms. The average molecular weight is 325 g/mol. The number of alkyl halides is 3. The zero-order valence-electron chi connectivity index (χ0n) is 10.6. The van der Waals surface area contributed by atoms with E-state index in [9.17, 15) is 4.79 Å². The van der Waals surface area contributed by atoms with Crippen LogP contribution in [-0.2, 0) is 11.2 Å². The monoisotopic (exact) mass is 323 g/mol. The van der Waals surface area contributed by atoms with Crippen molar-refractivity contribution >= 4 is 40.9 Å². The summed E-state index contributed by atoms with van der Waals surface area (Å²) in [5, 5.41) is 0. The molecule has 0 saturated heterocycles. The molecule has 0 saturated carbocycles. The van der Waals surface area contributed by atoms with E-state index in [4.69, 9.17) is 39.5 Å². The summed E-state index contributed by atoms with van der Waals surface area (Å²) in [5.41, 5.74) is 1.24. The van der Waals surface area contributed by atoms with E-state index in [1.807, 2.05) is 18.2 Å². The zero-order chi connectivity index (χ0) is 14.3. The molecule has 0 fully saturated rings. The fourth-order valence-corrected chi connectivity index (χ4v) is 1.67. The number of ether oxygens (including phenoxy) is 1. The number of carbonyl (C=O) groups is 1. The molecule has 3 nitrogen and oxygen atoms in total. The van der Waals surface area contributed by atoms with Gasteiger partial charge in [-0.25, -0.2) is 4.79 Å². The Hall–Kier alpha value is -0.640. The van der Waals surface area contributed by atoms with Crippen LogP contribution in [0.4, 0.5) is 4.79 Å². The fraction of sp³-hybridized carbons (Fsp3) is 0.462. The van der Waals surface area contributed by atoms with E-state index in [0.29, 0.717) is 6.54 Å². The number of aryl methyl sites for hydroxylation is 1. The maximum absolute atomic E-state index is 11.6. The number of halogens is 3. The second kappa shape index (κ2) is 7.83. The molecule has 0 spiro atoms. The number of carbonyl (C=O) groups excluding carboxylic acids is 1. The lowest BCUT2D eigenvalue weighted by Gasteiger charge is -2.18. The molecular weight excluding hydrogens is 309 g/mol. The first-order valence-electron chi connectivity index (χ1n) is 5.87. The highest BCUT2D eigenvalue weighted by Crippen LogP contribution is 2.26. The van der Waals surface area contributed by atoms with Gasteiger partial charge in [-0.05, 0) is 18.4 Å². The SMILES string of the molecule is CN(CCCc1ccccc1)C(=O)OCC(Cl)(Cl)Cl. The molecule has 0 heterocycles. The summed E-state index contributed by atoms with van der Waals surface area (Å²) in [5.74, 6) is 0. The van der Waals surface area contributed by atoms with Gasteiger partial charge >= 0.3 is 6.09 Å². The summed E-state index contributed by atoms with van der Waals surface area (Å²) >= 11 is 16.5. The zero-order valence-corrected chi connectivity index (χ0v) is 12.9. The minimum absolute atomic E-state index is 0.250. The smallest absolute Gasteiger partial charge is 0.409 e. The van der Waals surface area contributed by atoms with E-state index in [1.54, 1.807) is 7.05 Å². The minimum Gasteiger partial charge on any atom is -0.445 e. The number of hydrogen-bond acceptors (Lipinski definition) is 2. The molecule has 0 aliphatic rings. The fourth-order valence-electron chi connectivity index (χ4n) is 1.51. The van der Waals surface area contributed by atoms with Crippen LogP contribution in [0.1, 0.15) is 12.0 Å². The van der Waals surface area contributed by atoms with Crippen molar-refractivity contribution in [2.45, 2.75) is 16.6 Å². The Morgan fingerprint density at radius 2 is 1.89 bits per heavy atom. The molecule has 106 valence electrons. The lowest BCUT2D eigenvalue weighted by Crippen LogP contribution is -2.31. The number of nitrogens with zero attached hydrogens (tertiary/aromatic N) is 1. The van der Waals surface area contributed by atoms with Crippen LogP contribution >= 0.6 is 34.8 Å². The maximum Gasteiger partial charge on any atom is 0.409 e. The van der Waals surface area contributed by atoms with Crippen LogP contribution in [0.25, 0.3) is 0 Å². The topological polar surface area (TPSA) is 29.5 Å². The van der Waals surface area contributed by atoms with E-state index in [0.717, 1.165) is 12.8 Å². The van der Waals surface area contributed by atoms with Crippen molar-refractivity contribution in [2.75, 3.05) is 20.2 Å². The van der Waals surface area contributed by atoms with Gasteiger partial charge in [-0.1, -0.05) is 65.1 Å². The van der Waals surface area contributed by atoms with Gasteiger partial charge < -0.3 is 9.64 Å². The molecular formula is C13H16Cl3NO2. The Kier molecular flexibility index (Phi) is 6.76. The van der Waals surface area contributed by atoms with E-state index in [1.165, 1.54) is 10.5 Å². The van der Waals surface area contributed by atoms with Crippen molar-refractivity contribution < 1.29 is 9.53 Å².